The maximum Gasteiger partial charge on any atom is 0.459 e. The van der Waals surface area contributed by atoms with Gasteiger partial charge in [-0.3, -0.25) is 0 Å². The summed E-state index contributed by atoms with van der Waals surface area (Å²) in [6.45, 7) is 1.60. The highest BCUT2D eigenvalue weighted by Crippen LogP contribution is 2.48. The largest absolute Gasteiger partial charge is 0.459 e. The first kappa shape index (κ1) is 31.5. The molecule has 1 aliphatic heterocycles. The van der Waals surface area contributed by atoms with Crippen LogP contribution in [0.4, 0.5) is 30.7 Å². The SMILES string of the molecule is FC(F)(F)C(F)(F)C(F)(F)CCCCCCCCCCCCCCCCCOC1CCCCO1. The zero-order valence-corrected chi connectivity index (χ0v) is 20.4. The Labute approximate surface area is 200 Å². The second kappa shape index (κ2) is 17.0. The molecular weight excluding hydrogens is 465 g/mol. The number of ether oxygens (including phenoxy) is 2. The highest BCUT2D eigenvalue weighted by molar-refractivity contribution is 4.90. The van der Waals surface area contributed by atoms with Gasteiger partial charge in [-0.1, -0.05) is 83.5 Å². The zero-order chi connectivity index (χ0) is 25.3. The van der Waals surface area contributed by atoms with Crippen LogP contribution in [-0.2, 0) is 9.47 Å². The Hall–Kier alpha value is -0.570. The lowest BCUT2D eigenvalue weighted by atomic mass is 10.0. The molecule has 0 aromatic carbocycles. The van der Waals surface area contributed by atoms with Gasteiger partial charge in [0.05, 0.1) is 0 Å². The minimum Gasteiger partial charge on any atom is -0.353 e. The Morgan fingerprint density at radius 2 is 1.03 bits per heavy atom. The monoisotopic (exact) mass is 508 g/mol. The Balaban J connectivity index is 1.81. The van der Waals surface area contributed by atoms with Crippen molar-refractivity contribution in [1.29, 1.82) is 0 Å². The number of alkyl halides is 7. The van der Waals surface area contributed by atoms with E-state index in [9.17, 15) is 30.7 Å². The molecule has 1 heterocycles. The molecule has 1 aliphatic rings. The lowest BCUT2D eigenvalue weighted by Gasteiger charge is -2.28. The van der Waals surface area contributed by atoms with Crippen LogP contribution >= 0.6 is 0 Å². The first-order chi connectivity index (χ1) is 16.1. The maximum absolute atomic E-state index is 13.2. The number of halogens is 7. The van der Waals surface area contributed by atoms with Gasteiger partial charge in [0.1, 0.15) is 0 Å². The molecule has 0 aromatic heterocycles. The number of hydrogen-bond acceptors (Lipinski definition) is 2. The molecule has 1 rings (SSSR count). The molecule has 9 heteroatoms. The summed E-state index contributed by atoms with van der Waals surface area (Å²) in [4.78, 5) is 0. The lowest BCUT2D eigenvalue weighted by Crippen LogP contribution is -2.51. The quantitative estimate of drug-likeness (QED) is 0.120. The van der Waals surface area contributed by atoms with Crippen molar-refractivity contribution in [3.05, 3.63) is 0 Å². The van der Waals surface area contributed by atoms with Crippen LogP contribution in [0.15, 0.2) is 0 Å². The Bertz CT molecular complexity index is 492. The minimum atomic E-state index is -6.23. The van der Waals surface area contributed by atoms with Crippen LogP contribution in [0.1, 0.15) is 122 Å². The fourth-order valence-corrected chi connectivity index (χ4v) is 4.17. The van der Waals surface area contributed by atoms with Crippen LogP contribution in [0.2, 0.25) is 0 Å². The van der Waals surface area contributed by atoms with Crippen LogP contribution in [0.5, 0.6) is 0 Å². The third kappa shape index (κ3) is 12.9. The van der Waals surface area contributed by atoms with Crippen molar-refractivity contribution in [2.45, 2.75) is 146 Å². The molecule has 0 N–H and O–H groups in total. The van der Waals surface area contributed by atoms with Crippen molar-refractivity contribution < 1.29 is 40.2 Å². The van der Waals surface area contributed by atoms with E-state index >= 15 is 0 Å². The zero-order valence-electron chi connectivity index (χ0n) is 20.4. The molecule has 204 valence electrons. The van der Waals surface area contributed by atoms with E-state index in [1.54, 1.807) is 0 Å². The summed E-state index contributed by atoms with van der Waals surface area (Å²) >= 11 is 0. The van der Waals surface area contributed by atoms with Crippen molar-refractivity contribution >= 4 is 0 Å². The Kier molecular flexibility index (Phi) is 15.7. The predicted molar refractivity (Wildman–Crippen MR) is 119 cm³/mol. The van der Waals surface area contributed by atoms with Gasteiger partial charge in [-0.15, -0.1) is 0 Å². The number of rotatable bonds is 20. The van der Waals surface area contributed by atoms with Gasteiger partial charge in [0.15, 0.2) is 6.29 Å². The van der Waals surface area contributed by atoms with Crippen LogP contribution in [-0.4, -0.2) is 37.5 Å². The normalized spacial score (nSPS) is 17.9. The van der Waals surface area contributed by atoms with E-state index in [4.69, 9.17) is 9.47 Å². The summed E-state index contributed by atoms with van der Waals surface area (Å²) in [7, 11) is 0. The summed E-state index contributed by atoms with van der Waals surface area (Å²) in [5.74, 6) is -11.0. The molecule has 0 aromatic rings. The highest BCUT2D eigenvalue weighted by atomic mass is 19.4. The second-order valence-electron chi connectivity index (χ2n) is 9.50. The smallest absolute Gasteiger partial charge is 0.353 e. The number of unbranched alkanes of at least 4 members (excludes halogenated alkanes) is 14. The van der Waals surface area contributed by atoms with Crippen LogP contribution < -0.4 is 0 Å². The van der Waals surface area contributed by atoms with Gasteiger partial charge in [-0.05, 0) is 32.1 Å². The molecule has 0 saturated carbocycles. The molecule has 0 spiro atoms. The van der Waals surface area contributed by atoms with E-state index in [1.807, 2.05) is 0 Å². The van der Waals surface area contributed by atoms with Gasteiger partial charge in [0, 0.05) is 19.6 Å². The van der Waals surface area contributed by atoms with E-state index in [1.165, 1.54) is 44.9 Å². The molecule has 0 aliphatic carbocycles. The van der Waals surface area contributed by atoms with Crippen molar-refractivity contribution in [3.8, 4) is 0 Å². The van der Waals surface area contributed by atoms with E-state index in [0.29, 0.717) is 6.42 Å². The fraction of sp³-hybridized carbons (Fsp3) is 1.00. The standard InChI is InChI=1S/C25H43F7O2/c26-23(27,24(28,29)25(30,31)32)19-15-12-10-8-6-4-2-1-3-5-7-9-11-13-16-20-33-22-18-14-17-21-34-22/h22H,1-21H2. The summed E-state index contributed by atoms with van der Waals surface area (Å²) in [5.41, 5.74) is 0. The molecule has 1 saturated heterocycles. The summed E-state index contributed by atoms with van der Waals surface area (Å²) < 4.78 is 99.4. The third-order valence-corrected chi connectivity index (χ3v) is 6.39. The van der Waals surface area contributed by atoms with Gasteiger partial charge in [0.2, 0.25) is 0 Å². The van der Waals surface area contributed by atoms with Gasteiger partial charge in [0.25, 0.3) is 0 Å². The first-order valence-corrected chi connectivity index (χ1v) is 13.1. The summed E-state index contributed by atoms with van der Waals surface area (Å²) in [5, 5.41) is 0. The number of hydrogen-bond donors (Lipinski definition) is 0. The second-order valence-corrected chi connectivity index (χ2v) is 9.50. The van der Waals surface area contributed by atoms with E-state index < -0.39 is 24.4 Å². The molecular formula is C25H43F7O2. The van der Waals surface area contributed by atoms with Gasteiger partial charge < -0.3 is 9.47 Å². The van der Waals surface area contributed by atoms with Gasteiger partial charge in [-0.25, -0.2) is 0 Å². The summed E-state index contributed by atoms with van der Waals surface area (Å²) in [6, 6.07) is 0. The molecule has 0 bridgehead atoms. The maximum atomic E-state index is 13.2. The van der Waals surface area contributed by atoms with Crippen molar-refractivity contribution in [2.24, 2.45) is 0 Å². The van der Waals surface area contributed by atoms with Crippen molar-refractivity contribution in [2.75, 3.05) is 13.2 Å². The average Bonchev–Trinajstić information content (AvgIpc) is 2.78. The average molecular weight is 509 g/mol. The van der Waals surface area contributed by atoms with Gasteiger partial charge >= 0.3 is 18.0 Å². The van der Waals surface area contributed by atoms with Crippen molar-refractivity contribution in [1.82, 2.24) is 0 Å². The molecule has 0 radical (unpaired) electrons. The van der Waals surface area contributed by atoms with E-state index in [-0.39, 0.29) is 19.1 Å². The van der Waals surface area contributed by atoms with Crippen LogP contribution in [0.3, 0.4) is 0 Å². The molecule has 0 amide bonds. The lowest BCUT2D eigenvalue weighted by molar-refractivity contribution is -0.355. The van der Waals surface area contributed by atoms with Gasteiger partial charge in [-0.2, -0.15) is 30.7 Å². The molecule has 1 fully saturated rings. The van der Waals surface area contributed by atoms with E-state index in [2.05, 4.69) is 0 Å². The first-order valence-electron chi connectivity index (χ1n) is 13.1. The highest BCUT2D eigenvalue weighted by Gasteiger charge is 2.72. The Morgan fingerprint density at radius 1 is 0.588 bits per heavy atom. The summed E-state index contributed by atoms with van der Waals surface area (Å²) in [6.07, 6.45) is 9.61. The molecule has 1 atom stereocenters. The third-order valence-electron chi connectivity index (χ3n) is 6.39. The Morgan fingerprint density at radius 3 is 1.44 bits per heavy atom. The predicted octanol–water partition coefficient (Wildman–Crippen LogP) is 9.60. The molecule has 1 unspecified atom stereocenters. The topological polar surface area (TPSA) is 18.5 Å². The van der Waals surface area contributed by atoms with E-state index in [0.717, 1.165) is 64.6 Å². The fourth-order valence-electron chi connectivity index (χ4n) is 4.17. The molecule has 2 nitrogen and oxygen atoms in total. The van der Waals surface area contributed by atoms with Crippen LogP contribution in [0.25, 0.3) is 0 Å². The molecule has 34 heavy (non-hydrogen) atoms. The van der Waals surface area contributed by atoms with Crippen LogP contribution in [0, 0.1) is 0 Å². The van der Waals surface area contributed by atoms with Crippen molar-refractivity contribution in [3.63, 3.8) is 0 Å². The minimum absolute atomic E-state index is 0.00858.